The maximum Gasteiger partial charge on any atom is 0.416 e. The van der Waals surface area contributed by atoms with E-state index in [-0.39, 0.29) is 0 Å². The number of carbonyl (C=O) groups is 1. The van der Waals surface area contributed by atoms with E-state index in [2.05, 4.69) is 10.0 Å². The van der Waals surface area contributed by atoms with Gasteiger partial charge in [0.05, 0.1) is 5.56 Å². The van der Waals surface area contributed by atoms with E-state index < -0.39 is 17.6 Å². The average Bonchev–Trinajstić information content (AvgIpc) is 2.26. The van der Waals surface area contributed by atoms with Crippen molar-refractivity contribution in [2.45, 2.75) is 6.18 Å². The summed E-state index contributed by atoms with van der Waals surface area (Å²) in [6.07, 6.45) is -2.15. The second-order valence-electron chi connectivity index (χ2n) is 2.98. The number of benzene rings is 1. The van der Waals surface area contributed by atoms with Gasteiger partial charge in [0.15, 0.2) is 0 Å². The van der Waals surface area contributed by atoms with Crippen molar-refractivity contribution in [1.29, 1.82) is 0 Å². The average molecular weight is 241 g/mol. The maximum atomic E-state index is 12.2. The Morgan fingerprint density at radius 3 is 2.35 bits per heavy atom. The third kappa shape index (κ3) is 4.00. The van der Waals surface area contributed by atoms with Crippen LogP contribution in [0.5, 0.6) is 0 Å². The summed E-state index contributed by atoms with van der Waals surface area (Å²) in [4.78, 5) is 13.0. The topological polar surface area (TPSA) is 65.8 Å². The van der Waals surface area contributed by atoms with Crippen molar-refractivity contribution in [2.24, 2.45) is 5.11 Å². The highest BCUT2D eigenvalue weighted by atomic mass is 19.4. The van der Waals surface area contributed by atoms with E-state index in [4.69, 9.17) is 5.53 Å². The molecule has 0 aliphatic heterocycles. The summed E-state index contributed by atoms with van der Waals surface area (Å²) in [6.45, 7) is 0. The molecule has 0 N–H and O–H groups in total. The van der Waals surface area contributed by atoms with Crippen LogP contribution in [0.25, 0.3) is 16.5 Å². The molecule has 1 amide bonds. The highest BCUT2D eigenvalue weighted by Gasteiger charge is 2.29. The molecule has 1 aromatic carbocycles. The van der Waals surface area contributed by atoms with Crippen molar-refractivity contribution in [3.8, 4) is 0 Å². The Labute approximate surface area is 94.0 Å². The molecule has 0 fully saturated rings. The van der Waals surface area contributed by atoms with Gasteiger partial charge in [-0.1, -0.05) is 18.2 Å². The lowest BCUT2D eigenvalue weighted by molar-refractivity contribution is -0.137. The first kappa shape index (κ1) is 12.8. The van der Waals surface area contributed by atoms with Gasteiger partial charge in [0.25, 0.3) is 0 Å². The summed E-state index contributed by atoms with van der Waals surface area (Å²) in [5.74, 6) is -0.813. The lowest BCUT2D eigenvalue weighted by Crippen LogP contribution is -2.03. The highest BCUT2D eigenvalue weighted by molar-refractivity contribution is 5.92. The number of hydrogen-bond acceptors (Lipinski definition) is 1. The van der Waals surface area contributed by atoms with Crippen molar-refractivity contribution >= 4 is 12.0 Å². The smallest absolute Gasteiger partial charge is 0.288 e. The van der Waals surface area contributed by atoms with Gasteiger partial charge in [0.1, 0.15) is 0 Å². The van der Waals surface area contributed by atoms with Gasteiger partial charge < -0.3 is 0 Å². The maximum absolute atomic E-state index is 12.2. The van der Waals surface area contributed by atoms with Crippen molar-refractivity contribution in [3.63, 3.8) is 0 Å². The van der Waals surface area contributed by atoms with E-state index in [0.717, 1.165) is 18.2 Å². The number of rotatable bonds is 2. The molecule has 0 spiro atoms. The second-order valence-corrected chi connectivity index (χ2v) is 2.98. The number of carbonyl (C=O) groups excluding carboxylic acids is 1. The van der Waals surface area contributed by atoms with Gasteiger partial charge in [-0.05, 0) is 34.4 Å². The SMILES string of the molecule is [N-]=[N+]=NC(=O)C=Cc1ccc(C(F)(F)F)cc1. The molecular weight excluding hydrogens is 235 g/mol. The van der Waals surface area contributed by atoms with E-state index in [9.17, 15) is 18.0 Å². The fraction of sp³-hybridized carbons (Fsp3) is 0.100. The van der Waals surface area contributed by atoms with E-state index in [1.54, 1.807) is 0 Å². The molecule has 88 valence electrons. The Balaban J connectivity index is 2.82. The molecule has 0 aromatic heterocycles. The lowest BCUT2D eigenvalue weighted by Gasteiger charge is -2.05. The third-order valence-electron chi connectivity index (χ3n) is 1.80. The summed E-state index contributed by atoms with van der Waals surface area (Å²) < 4.78 is 36.6. The van der Waals surface area contributed by atoms with Gasteiger partial charge >= 0.3 is 6.18 Å². The molecule has 0 saturated carbocycles. The van der Waals surface area contributed by atoms with Crippen LogP contribution in [0.2, 0.25) is 0 Å². The molecule has 0 saturated heterocycles. The Morgan fingerprint density at radius 1 is 1.29 bits per heavy atom. The Morgan fingerprint density at radius 2 is 1.88 bits per heavy atom. The van der Waals surface area contributed by atoms with Crippen molar-refractivity contribution in [3.05, 3.63) is 51.9 Å². The summed E-state index contributed by atoms with van der Waals surface area (Å²) in [5.41, 5.74) is 7.57. The fourth-order valence-corrected chi connectivity index (χ4v) is 1.03. The summed E-state index contributed by atoms with van der Waals surface area (Å²) >= 11 is 0. The number of nitrogens with zero attached hydrogens (tertiary/aromatic N) is 3. The summed E-state index contributed by atoms with van der Waals surface area (Å²) in [5, 5.41) is 2.77. The van der Waals surface area contributed by atoms with Gasteiger partial charge in [-0.2, -0.15) is 13.2 Å². The predicted octanol–water partition coefficient (Wildman–Crippen LogP) is 3.56. The Kier molecular flexibility index (Phi) is 3.90. The number of amides is 1. The van der Waals surface area contributed by atoms with Crippen LogP contribution in [0.1, 0.15) is 11.1 Å². The molecule has 4 nitrogen and oxygen atoms in total. The van der Waals surface area contributed by atoms with Gasteiger partial charge in [-0.25, -0.2) is 0 Å². The molecule has 0 bridgehead atoms. The minimum atomic E-state index is -4.39. The highest BCUT2D eigenvalue weighted by Crippen LogP contribution is 2.29. The zero-order valence-electron chi connectivity index (χ0n) is 8.35. The monoisotopic (exact) mass is 241 g/mol. The number of azide groups is 1. The van der Waals surface area contributed by atoms with Crippen LogP contribution in [0, 0.1) is 0 Å². The largest absolute Gasteiger partial charge is 0.416 e. The standard InChI is InChI=1S/C10H6F3N3O/c11-10(12,13)8-4-1-7(2-5-8)3-6-9(17)15-16-14/h1-6H. The molecule has 0 radical (unpaired) electrons. The second kappa shape index (κ2) is 5.18. The zero-order valence-corrected chi connectivity index (χ0v) is 8.35. The molecular formula is C10H6F3N3O. The van der Waals surface area contributed by atoms with E-state index in [1.807, 2.05) is 0 Å². The predicted molar refractivity (Wildman–Crippen MR) is 54.6 cm³/mol. The molecule has 0 aliphatic rings. The van der Waals surface area contributed by atoms with Gasteiger partial charge in [-0.15, -0.1) is 0 Å². The van der Waals surface area contributed by atoms with E-state index >= 15 is 0 Å². The number of hydrogen-bond donors (Lipinski definition) is 0. The fourth-order valence-electron chi connectivity index (χ4n) is 1.03. The molecule has 17 heavy (non-hydrogen) atoms. The van der Waals surface area contributed by atoms with Crippen molar-refractivity contribution in [2.75, 3.05) is 0 Å². The molecule has 7 heteroatoms. The van der Waals surface area contributed by atoms with Crippen LogP contribution in [0.4, 0.5) is 13.2 Å². The number of alkyl halides is 3. The zero-order chi connectivity index (χ0) is 12.9. The third-order valence-corrected chi connectivity index (χ3v) is 1.80. The summed E-state index contributed by atoms with van der Waals surface area (Å²) in [6, 6.07) is 4.22. The molecule has 1 aromatic rings. The van der Waals surface area contributed by atoms with Crippen LogP contribution < -0.4 is 0 Å². The molecule has 0 atom stereocenters. The van der Waals surface area contributed by atoms with Crippen LogP contribution in [-0.2, 0) is 11.0 Å². The van der Waals surface area contributed by atoms with Gasteiger partial charge in [0.2, 0.25) is 5.91 Å². The van der Waals surface area contributed by atoms with E-state index in [1.165, 1.54) is 18.2 Å². The van der Waals surface area contributed by atoms with Crippen LogP contribution in [0.3, 0.4) is 0 Å². The lowest BCUT2D eigenvalue weighted by atomic mass is 10.1. The molecule has 0 unspecified atom stereocenters. The minimum Gasteiger partial charge on any atom is -0.288 e. The first-order valence-corrected chi connectivity index (χ1v) is 4.38. The van der Waals surface area contributed by atoms with Gasteiger partial charge in [0, 0.05) is 4.91 Å². The quantitative estimate of drug-likeness (QED) is 0.338. The van der Waals surface area contributed by atoms with Crippen molar-refractivity contribution in [1.82, 2.24) is 0 Å². The molecule has 0 aliphatic carbocycles. The van der Waals surface area contributed by atoms with Crippen molar-refractivity contribution < 1.29 is 18.0 Å². The van der Waals surface area contributed by atoms with Gasteiger partial charge in [-0.3, -0.25) is 4.79 Å². The van der Waals surface area contributed by atoms with Crippen LogP contribution in [-0.4, -0.2) is 5.91 Å². The Hall–Kier alpha value is -2.27. The molecule has 1 rings (SSSR count). The Bertz CT molecular complexity index is 485. The normalized spacial score (nSPS) is 11.2. The number of halogens is 3. The first-order chi connectivity index (χ1) is 7.93. The first-order valence-electron chi connectivity index (χ1n) is 4.38. The minimum absolute atomic E-state index is 0.402. The van der Waals surface area contributed by atoms with E-state index in [0.29, 0.717) is 5.56 Å². The van der Waals surface area contributed by atoms with Crippen LogP contribution in [0.15, 0.2) is 35.5 Å². The summed E-state index contributed by atoms with van der Waals surface area (Å²) in [7, 11) is 0. The molecule has 0 heterocycles. The van der Waals surface area contributed by atoms with Crippen LogP contribution >= 0.6 is 0 Å².